The first-order chi connectivity index (χ1) is 9.72. The topological polar surface area (TPSA) is 38.8 Å². The first-order valence-corrected chi connectivity index (χ1v) is 7.92. The van der Waals surface area contributed by atoms with Crippen molar-refractivity contribution >= 4 is 5.91 Å². The van der Waals surface area contributed by atoms with Crippen molar-refractivity contribution in [1.29, 1.82) is 0 Å². The number of piperidine rings is 1. The molecule has 2 fully saturated rings. The molecule has 1 spiro atoms. The Hall–Kier alpha value is -0.870. The lowest BCUT2D eigenvalue weighted by Crippen LogP contribution is -2.48. The maximum absolute atomic E-state index is 12.4. The van der Waals surface area contributed by atoms with Crippen LogP contribution in [0, 0.1) is 5.92 Å². The average Bonchev–Trinajstić information content (AvgIpc) is 3.10. The van der Waals surface area contributed by atoms with Gasteiger partial charge in [0, 0.05) is 32.0 Å². The lowest BCUT2D eigenvalue weighted by Gasteiger charge is -2.39. The summed E-state index contributed by atoms with van der Waals surface area (Å²) in [6.07, 6.45) is 9.26. The molecular formula is C16H25NO3. The fraction of sp³-hybridized carbons (Fsp3) is 0.812. The maximum atomic E-state index is 12.4. The van der Waals surface area contributed by atoms with Gasteiger partial charge in [-0.25, -0.2) is 0 Å². The highest BCUT2D eigenvalue weighted by atomic mass is 16.6. The van der Waals surface area contributed by atoms with Crippen molar-refractivity contribution in [3.63, 3.8) is 0 Å². The zero-order chi connectivity index (χ0) is 14.0. The predicted octanol–water partition coefficient (Wildman–Crippen LogP) is 2.14. The van der Waals surface area contributed by atoms with Gasteiger partial charge in [0.05, 0.1) is 18.3 Å². The number of amides is 1. The number of allylic oxidation sites excluding steroid dienone is 2. The Morgan fingerprint density at radius 2 is 2.05 bits per heavy atom. The molecule has 3 rings (SSSR count). The number of hydrogen-bond donors (Lipinski definition) is 0. The van der Waals surface area contributed by atoms with Gasteiger partial charge in [0.25, 0.3) is 0 Å². The van der Waals surface area contributed by atoms with Crippen molar-refractivity contribution in [2.45, 2.75) is 50.7 Å². The summed E-state index contributed by atoms with van der Waals surface area (Å²) in [6.45, 7) is 5.18. The summed E-state index contributed by atoms with van der Waals surface area (Å²) in [6, 6.07) is 0. The van der Waals surface area contributed by atoms with Gasteiger partial charge in [-0.2, -0.15) is 0 Å². The molecule has 0 radical (unpaired) electrons. The third-order valence-electron chi connectivity index (χ3n) is 4.92. The minimum Gasteiger partial charge on any atom is -0.376 e. The van der Waals surface area contributed by atoms with E-state index in [0.29, 0.717) is 12.5 Å². The molecule has 2 saturated heterocycles. The van der Waals surface area contributed by atoms with E-state index in [1.807, 2.05) is 11.8 Å². The maximum Gasteiger partial charge on any atom is 0.226 e. The van der Waals surface area contributed by atoms with E-state index in [0.717, 1.165) is 51.8 Å². The number of likely N-dealkylation sites (tertiary alicyclic amines) is 1. The highest BCUT2D eigenvalue weighted by Crippen LogP contribution is 2.37. The van der Waals surface area contributed by atoms with Crippen molar-refractivity contribution in [2.24, 2.45) is 5.92 Å². The van der Waals surface area contributed by atoms with Crippen LogP contribution in [-0.4, -0.2) is 48.8 Å². The first-order valence-electron chi connectivity index (χ1n) is 7.92. The molecule has 1 amide bonds. The summed E-state index contributed by atoms with van der Waals surface area (Å²) in [4.78, 5) is 14.4. The number of carbonyl (C=O) groups is 1. The van der Waals surface area contributed by atoms with Crippen molar-refractivity contribution < 1.29 is 14.3 Å². The molecule has 112 valence electrons. The van der Waals surface area contributed by atoms with Crippen LogP contribution in [0.2, 0.25) is 0 Å². The van der Waals surface area contributed by atoms with E-state index in [2.05, 4.69) is 12.2 Å². The van der Waals surface area contributed by atoms with Crippen LogP contribution in [0.25, 0.3) is 0 Å². The highest BCUT2D eigenvalue weighted by Gasteiger charge is 2.44. The molecule has 0 N–H and O–H groups in total. The molecule has 0 aromatic carbocycles. The van der Waals surface area contributed by atoms with Crippen LogP contribution >= 0.6 is 0 Å². The zero-order valence-electron chi connectivity index (χ0n) is 12.3. The molecule has 0 saturated carbocycles. The van der Waals surface area contributed by atoms with Gasteiger partial charge in [0.15, 0.2) is 0 Å². The molecule has 0 unspecified atom stereocenters. The van der Waals surface area contributed by atoms with Crippen LogP contribution in [-0.2, 0) is 14.3 Å². The van der Waals surface area contributed by atoms with E-state index in [1.165, 1.54) is 0 Å². The predicted molar refractivity (Wildman–Crippen MR) is 76.4 cm³/mol. The van der Waals surface area contributed by atoms with E-state index in [1.54, 1.807) is 0 Å². The van der Waals surface area contributed by atoms with Gasteiger partial charge in [-0.15, -0.1) is 0 Å². The van der Waals surface area contributed by atoms with Gasteiger partial charge in [-0.1, -0.05) is 12.2 Å². The number of carbonyl (C=O) groups excluding carboxylic acids is 1. The van der Waals surface area contributed by atoms with E-state index in [4.69, 9.17) is 9.47 Å². The second-order valence-electron chi connectivity index (χ2n) is 6.24. The minimum absolute atomic E-state index is 0.0233. The smallest absolute Gasteiger partial charge is 0.226 e. The van der Waals surface area contributed by atoms with Crippen LogP contribution in [0.4, 0.5) is 0 Å². The van der Waals surface area contributed by atoms with Crippen LogP contribution in [0.1, 0.15) is 39.0 Å². The van der Waals surface area contributed by atoms with E-state index >= 15 is 0 Å². The van der Waals surface area contributed by atoms with Crippen molar-refractivity contribution in [3.05, 3.63) is 12.2 Å². The van der Waals surface area contributed by atoms with Crippen LogP contribution in [0.3, 0.4) is 0 Å². The molecular weight excluding hydrogens is 254 g/mol. The second kappa shape index (κ2) is 5.86. The van der Waals surface area contributed by atoms with Crippen molar-refractivity contribution in [1.82, 2.24) is 4.90 Å². The Bertz CT molecular complexity index is 377. The van der Waals surface area contributed by atoms with Gasteiger partial charge < -0.3 is 14.4 Å². The molecule has 0 aromatic rings. The normalized spacial score (nSPS) is 29.4. The molecule has 4 heteroatoms. The number of hydrogen-bond acceptors (Lipinski definition) is 3. The largest absolute Gasteiger partial charge is 0.376 e. The summed E-state index contributed by atoms with van der Waals surface area (Å²) < 4.78 is 11.7. The van der Waals surface area contributed by atoms with Gasteiger partial charge in [-0.3, -0.25) is 4.79 Å². The summed E-state index contributed by atoms with van der Waals surface area (Å²) in [5, 5.41) is 0. The van der Waals surface area contributed by atoms with Crippen LogP contribution in [0.15, 0.2) is 12.2 Å². The van der Waals surface area contributed by atoms with Crippen molar-refractivity contribution in [3.8, 4) is 0 Å². The Kier molecular flexibility index (Phi) is 4.13. The van der Waals surface area contributed by atoms with Gasteiger partial charge in [0.2, 0.25) is 5.91 Å². The second-order valence-corrected chi connectivity index (χ2v) is 6.24. The lowest BCUT2D eigenvalue weighted by molar-refractivity contribution is -0.139. The minimum atomic E-state index is -0.0233. The molecule has 4 nitrogen and oxygen atoms in total. The molecule has 1 aliphatic carbocycles. The summed E-state index contributed by atoms with van der Waals surface area (Å²) in [5.41, 5.74) is -0.0233. The summed E-state index contributed by atoms with van der Waals surface area (Å²) in [5.74, 6) is 0.536. The Balaban J connectivity index is 1.51. The van der Waals surface area contributed by atoms with Crippen LogP contribution < -0.4 is 0 Å². The third kappa shape index (κ3) is 2.77. The van der Waals surface area contributed by atoms with Crippen LogP contribution in [0.5, 0.6) is 0 Å². The van der Waals surface area contributed by atoms with Gasteiger partial charge >= 0.3 is 0 Å². The van der Waals surface area contributed by atoms with E-state index < -0.39 is 0 Å². The molecule has 0 bridgehead atoms. The third-order valence-corrected chi connectivity index (χ3v) is 4.92. The first kappa shape index (κ1) is 14.1. The molecule has 1 atom stereocenters. The zero-order valence-corrected chi connectivity index (χ0v) is 12.3. The van der Waals surface area contributed by atoms with Gasteiger partial charge in [0.1, 0.15) is 0 Å². The fourth-order valence-electron chi connectivity index (χ4n) is 3.71. The standard InChI is InChI=1S/C16H25NO3/c1-2-19-14-11-16(20-12-14)7-9-17(10-8-16)15(18)13-5-3-4-6-13/h3-4,13-14H,2,5-12H2,1H3/t14-/m1/s1. The average molecular weight is 279 g/mol. The summed E-state index contributed by atoms with van der Waals surface area (Å²) >= 11 is 0. The molecule has 3 aliphatic rings. The highest BCUT2D eigenvalue weighted by molar-refractivity contribution is 5.79. The molecule has 2 heterocycles. The monoisotopic (exact) mass is 279 g/mol. The number of ether oxygens (including phenoxy) is 2. The Morgan fingerprint density at radius 3 is 2.70 bits per heavy atom. The Morgan fingerprint density at radius 1 is 1.35 bits per heavy atom. The lowest BCUT2D eigenvalue weighted by atomic mass is 9.87. The summed E-state index contributed by atoms with van der Waals surface area (Å²) in [7, 11) is 0. The SMILES string of the molecule is CCO[C@H]1COC2(CCN(C(=O)C3CC=CC3)CC2)C1. The van der Waals surface area contributed by atoms with E-state index in [9.17, 15) is 4.79 Å². The van der Waals surface area contributed by atoms with Gasteiger partial charge in [-0.05, 0) is 32.6 Å². The Labute approximate surface area is 121 Å². The quantitative estimate of drug-likeness (QED) is 0.743. The van der Waals surface area contributed by atoms with Crippen molar-refractivity contribution in [2.75, 3.05) is 26.3 Å². The number of rotatable bonds is 3. The fourth-order valence-corrected chi connectivity index (χ4v) is 3.71. The molecule has 2 aliphatic heterocycles. The van der Waals surface area contributed by atoms with E-state index in [-0.39, 0.29) is 17.6 Å². The molecule has 20 heavy (non-hydrogen) atoms. The number of nitrogens with zero attached hydrogens (tertiary/aromatic N) is 1. The molecule has 0 aromatic heterocycles.